The van der Waals surface area contributed by atoms with Crippen molar-refractivity contribution in [3.05, 3.63) is 58.9 Å². The number of pyridine rings is 1. The van der Waals surface area contributed by atoms with Crippen LogP contribution in [0.25, 0.3) is 0 Å². The van der Waals surface area contributed by atoms with Gasteiger partial charge in [0.1, 0.15) is 11.4 Å². The fourth-order valence-corrected chi connectivity index (χ4v) is 2.75. The van der Waals surface area contributed by atoms with Gasteiger partial charge in [-0.2, -0.15) is 17.6 Å². The number of ether oxygens (including phenoxy) is 1. The topological polar surface area (TPSA) is 88.5 Å². The fraction of sp³-hybridized carbons (Fsp3) is 0.409. The van der Waals surface area contributed by atoms with Gasteiger partial charge in [-0.15, -0.1) is 0 Å². The molecule has 0 radical (unpaired) electrons. The number of benzene rings is 1. The molecule has 174 valence electrons. The van der Waals surface area contributed by atoms with Crippen LogP contribution in [-0.2, 0) is 11.2 Å². The van der Waals surface area contributed by atoms with Crippen LogP contribution in [0.4, 0.5) is 17.6 Å². The molecule has 1 unspecified atom stereocenters. The molecule has 1 amide bonds. The van der Waals surface area contributed by atoms with Crippen LogP contribution in [0, 0.1) is 6.92 Å². The number of carbonyl (C=O) groups excluding carboxylic acids is 2. The lowest BCUT2D eigenvalue weighted by molar-refractivity contribution is -0.253. The molecule has 0 aliphatic rings. The Morgan fingerprint density at radius 2 is 1.84 bits per heavy atom. The van der Waals surface area contributed by atoms with Crippen molar-refractivity contribution < 1.29 is 37.0 Å². The number of alkyl halides is 4. The Kier molecular flexibility index (Phi) is 7.61. The quantitative estimate of drug-likeness (QED) is 0.557. The molecule has 0 saturated carbocycles. The van der Waals surface area contributed by atoms with E-state index in [2.05, 4.69) is 15.0 Å². The second kappa shape index (κ2) is 9.64. The first kappa shape index (κ1) is 25.3. The Hall–Kier alpha value is -3.01. The summed E-state index contributed by atoms with van der Waals surface area (Å²) in [4.78, 5) is 29.0. The Bertz CT molecular complexity index is 990. The molecule has 2 N–H and O–H groups in total. The van der Waals surface area contributed by atoms with Crippen molar-refractivity contribution in [2.24, 2.45) is 0 Å². The van der Waals surface area contributed by atoms with Gasteiger partial charge in [-0.05, 0) is 57.5 Å². The maximum absolute atomic E-state index is 13.1. The molecule has 2 aromatic rings. The summed E-state index contributed by atoms with van der Waals surface area (Å²) in [5.41, 5.74) is -0.201. The highest BCUT2D eigenvalue weighted by atomic mass is 19.3. The van der Waals surface area contributed by atoms with Crippen molar-refractivity contribution in [3.63, 3.8) is 0 Å². The Balaban J connectivity index is 2.16. The maximum Gasteiger partial charge on any atom is 0.461 e. The second-order valence-corrected chi connectivity index (χ2v) is 7.88. The zero-order valence-electron chi connectivity index (χ0n) is 18.0. The van der Waals surface area contributed by atoms with E-state index >= 15 is 0 Å². The lowest BCUT2D eigenvalue weighted by Crippen LogP contribution is -2.33. The fourth-order valence-electron chi connectivity index (χ4n) is 2.75. The predicted octanol–water partition coefficient (Wildman–Crippen LogP) is 4.00. The minimum Gasteiger partial charge on any atom is -0.428 e. The number of amides is 1. The monoisotopic (exact) mass is 456 g/mol. The van der Waals surface area contributed by atoms with E-state index in [0.717, 1.165) is 12.1 Å². The molecule has 0 spiro atoms. The maximum atomic E-state index is 13.1. The number of aromatic nitrogens is 1. The molecule has 0 bridgehead atoms. The Labute approximate surface area is 182 Å². The van der Waals surface area contributed by atoms with Gasteiger partial charge in [0.15, 0.2) is 5.78 Å². The highest BCUT2D eigenvalue weighted by Gasteiger charge is 2.44. The lowest BCUT2D eigenvalue weighted by Gasteiger charge is -2.19. The second-order valence-electron chi connectivity index (χ2n) is 7.88. The normalized spacial score (nSPS) is 13.1. The summed E-state index contributed by atoms with van der Waals surface area (Å²) >= 11 is 0. The average Bonchev–Trinajstić information content (AvgIpc) is 2.66. The van der Waals surface area contributed by atoms with Gasteiger partial charge in [0.05, 0.1) is 12.5 Å². The molecular weight excluding hydrogens is 432 g/mol. The van der Waals surface area contributed by atoms with Crippen molar-refractivity contribution in [3.8, 4) is 5.75 Å². The van der Waals surface area contributed by atoms with E-state index in [9.17, 15) is 32.3 Å². The van der Waals surface area contributed by atoms with Gasteiger partial charge >= 0.3 is 12.5 Å². The molecule has 1 atom stereocenters. The van der Waals surface area contributed by atoms with Gasteiger partial charge in [0.2, 0.25) is 0 Å². The van der Waals surface area contributed by atoms with Gasteiger partial charge in [0, 0.05) is 17.0 Å². The van der Waals surface area contributed by atoms with Gasteiger partial charge < -0.3 is 15.2 Å². The van der Waals surface area contributed by atoms with E-state index in [1.807, 2.05) is 0 Å². The summed E-state index contributed by atoms with van der Waals surface area (Å²) in [5.74, 6) is -1.46. The minimum atomic E-state index is -4.64. The van der Waals surface area contributed by atoms with E-state index in [4.69, 9.17) is 0 Å². The molecule has 32 heavy (non-hydrogen) atoms. The number of ketones is 1. The van der Waals surface area contributed by atoms with Crippen LogP contribution >= 0.6 is 0 Å². The molecular formula is C22H24F4N2O4. The number of Topliss-reactive ketones (excluding diaryl/α,β-unsaturated/α-hetero) is 1. The molecule has 0 fully saturated rings. The average molecular weight is 456 g/mol. The Morgan fingerprint density at radius 3 is 2.44 bits per heavy atom. The zero-order chi connectivity index (χ0) is 24.3. The molecule has 0 saturated heterocycles. The summed E-state index contributed by atoms with van der Waals surface area (Å²) in [6, 6.07) is 7.33. The van der Waals surface area contributed by atoms with Crippen LogP contribution in [-0.4, -0.2) is 39.9 Å². The van der Waals surface area contributed by atoms with E-state index in [1.165, 1.54) is 38.1 Å². The molecule has 1 aromatic carbocycles. The van der Waals surface area contributed by atoms with E-state index in [0.29, 0.717) is 17.0 Å². The molecule has 2 rings (SSSR count). The SMILES string of the molecule is Cc1cc(C(=O)NC(C)c2cccc(OC(F)(F)C(F)F)c2)cc(CC(=O)C(C)(C)O)n1. The van der Waals surface area contributed by atoms with Gasteiger partial charge in [-0.25, -0.2) is 0 Å². The third kappa shape index (κ3) is 6.74. The summed E-state index contributed by atoms with van der Waals surface area (Å²) < 4.78 is 55.1. The lowest BCUT2D eigenvalue weighted by atomic mass is 9.98. The number of nitrogens with zero attached hydrogens (tertiary/aromatic N) is 1. The third-order valence-corrected chi connectivity index (χ3v) is 4.51. The standard InChI is InChI=1S/C22H24F4N2O4/c1-12-8-15(9-16(27-12)11-18(29)21(3,4)31)19(30)28-13(2)14-6-5-7-17(10-14)32-22(25,26)20(23)24/h5-10,13,20,31H,11H2,1-4H3,(H,28,30). The van der Waals surface area contributed by atoms with Crippen molar-refractivity contribution in [2.75, 3.05) is 0 Å². The number of halogens is 4. The molecule has 1 aromatic heterocycles. The number of carbonyl (C=O) groups is 2. The number of rotatable bonds is 9. The Morgan fingerprint density at radius 1 is 1.19 bits per heavy atom. The number of hydrogen-bond acceptors (Lipinski definition) is 5. The van der Waals surface area contributed by atoms with Gasteiger partial charge in [0.25, 0.3) is 5.91 Å². The van der Waals surface area contributed by atoms with Crippen molar-refractivity contribution in [2.45, 2.75) is 58.3 Å². The molecule has 10 heteroatoms. The first-order chi connectivity index (χ1) is 14.7. The third-order valence-electron chi connectivity index (χ3n) is 4.51. The van der Waals surface area contributed by atoms with Crippen LogP contribution in [0.1, 0.15) is 54.1 Å². The molecule has 0 aliphatic heterocycles. The molecule has 1 heterocycles. The van der Waals surface area contributed by atoms with E-state index in [-0.39, 0.29) is 12.0 Å². The number of hydrogen-bond donors (Lipinski definition) is 2. The summed E-state index contributed by atoms with van der Waals surface area (Å²) in [5, 5.41) is 12.5. The zero-order valence-corrected chi connectivity index (χ0v) is 18.0. The van der Waals surface area contributed by atoms with Gasteiger partial charge in [-0.3, -0.25) is 14.6 Å². The summed E-state index contributed by atoms with van der Waals surface area (Å²) in [6.45, 7) is 5.93. The summed E-state index contributed by atoms with van der Waals surface area (Å²) in [6.07, 6.45) is -8.80. The number of nitrogens with one attached hydrogen (secondary N) is 1. The van der Waals surface area contributed by atoms with E-state index in [1.54, 1.807) is 13.8 Å². The number of aliphatic hydroxyl groups is 1. The first-order valence-corrected chi connectivity index (χ1v) is 9.68. The van der Waals surface area contributed by atoms with Crippen LogP contribution in [0.3, 0.4) is 0 Å². The van der Waals surface area contributed by atoms with Crippen LogP contribution < -0.4 is 10.1 Å². The largest absolute Gasteiger partial charge is 0.461 e. The van der Waals surface area contributed by atoms with Crippen molar-refractivity contribution in [1.29, 1.82) is 0 Å². The van der Waals surface area contributed by atoms with E-state index < -0.39 is 41.6 Å². The highest BCUT2D eigenvalue weighted by Crippen LogP contribution is 2.29. The predicted molar refractivity (Wildman–Crippen MR) is 108 cm³/mol. The van der Waals surface area contributed by atoms with Crippen molar-refractivity contribution >= 4 is 11.7 Å². The minimum absolute atomic E-state index is 0.168. The van der Waals surface area contributed by atoms with Gasteiger partial charge in [-0.1, -0.05) is 12.1 Å². The highest BCUT2D eigenvalue weighted by molar-refractivity contribution is 5.95. The van der Waals surface area contributed by atoms with Crippen LogP contribution in [0.5, 0.6) is 5.75 Å². The molecule has 6 nitrogen and oxygen atoms in total. The summed E-state index contributed by atoms with van der Waals surface area (Å²) in [7, 11) is 0. The molecule has 0 aliphatic carbocycles. The number of aryl methyl sites for hydroxylation is 1. The first-order valence-electron chi connectivity index (χ1n) is 9.68. The van der Waals surface area contributed by atoms with Crippen LogP contribution in [0.2, 0.25) is 0 Å². The smallest absolute Gasteiger partial charge is 0.428 e. The van der Waals surface area contributed by atoms with Crippen molar-refractivity contribution in [1.82, 2.24) is 10.3 Å². The van der Waals surface area contributed by atoms with Crippen LogP contribution in [0.15, 0.2) is 36.4 Å².